The highest BCUT2D eigenvalue weighted by Gasteiger charge is 2.33. The lowest BCUT2D eigenvalue weighted by Crippen LogP contribution is -2.24. The van der Waals surface area contributed by atoms with Crippen LogP contribution in [0, 0.1) is 5.82 Å². The molecule has 6 nitrogen and oxygen atoms in total. The summed E-state index contributed by atoms with van der Waals surface area (Å²) < 4.78 is 61.7. The van der Waals surface area contributed by atoms with Gasteiger partial charge in [0.1, 0.15) is 0 Å². The minimum absolute atomic E-state index is 0.0848. The van der Waals surface area contributed by atoms with Crippen LogP contribution in [0.4, 0.5) is 17.6 Å². The van der Waals surface area contributed by atoms with Crippen LogP contribution >= 0.6 is 11.6 Å². The van der Waals surface area contributed by atoms with Crippen LogP contribution in [-0.2, 0) is 32.6 Å². The first-order valence-electron chi connectivity index (χ1n) is 10.9. The summed E-state index contributed by atoms with van der Waals surface area (Å²) in [6.07, 6.45) is 0.551. The van der Waals surface area contributed by atoms with Crippen LogP contribution < -0.4 is 10.4 Å². The second kappa shape index (κ2) is 10.5. The molecule has 0 spiro atoms. The molecule has 0 atom stereocenters. The monoisotopic (exact) mass is 520 g/mol. The molecular weight excluding hydrogens is 500 g/mol. The van der Waals surface area contributed by atoms with E-state index in [0.717, 1.165) is 33.5 Å². The van der Waals surface area contributed by atoms with Gasteiger partial charge in [-0.3, -0.25) is 9.25 Å². The molecule has 2 aromatic carbocycles. The van der Waals surface area contributed by atoms with Gasteiger partial charge >= 0.3 is 11.9 Å². The number of hydrogen-bond donors (Lipinski definition) is 0. The van der Waals surface area contributed by atoms with E-state index in [1.54, 1.807) is 42.3 Å². The third-order valence-corrected chi connectivity index (χ3v) is 5.75. The molecule has 0 aliphatic heterocycles. The van der Waals surface area contributed by atoms with Crippen molar-refractivity contribution in [2.75, 3.05) is 6.61 Å². The number of aromatic nitrogens is 4. The minimum atomic E-state index is -4.52. The number of ether oxygens (including phenoxy) is 1. The van der Waals surface area contributed by atoms with Gasteiger partial charge in [-0.1, -0.05) is 41.9 Å². The predicted octanol–water partition coefficient (Wildman–Crippen LogP) is 5.05. The Labute approximate surface area is 208 Å². The van der Waals surface area contributed by atoms with E-state index in [2.05, 4.69) is 10.1 Å². The van der Waals surface area contributed by atoms with Crippen LogP contribution in [0.5, 0.6) is 5.88 Å². The maximum atomic E-state index is 14.4. The van der Waals surface area contributed by atoms with Crippen LogP contribution in [-0.4, -0.2) is 25.9 Å². The smallest absolute Gasteiger partial charge is 0.417 e. The molecule has 0 N–H and O–H groups in total. The average molecular weight is 521 g/mol. The van der Waals surface area contributed by atoms with Crippen LogP contribution in [0.3, 0.4) is 0 Å². The third-order valence-electron chi connectivity index (χ3n) is 5.42. The molecule has 0 unspecified atom stereocenters. The third kappa shape index (κ3) is 6.31. The van der Waals surface area contributed by atoms with Crippen molar-refractivity contribution in [2.45, 2.75) is 25.6 Å². The van der Waals surface area contributed by atoms with Crippen LogP contribution in [0.25, 0.3) is 0 Å². The largest absolute Gasteiger partial charge is 0.475 e. The van der Waals surface area contributed by atoms with Crippen LogP contribution in [0.2, 0.25) is 5.02 Å². The molecule has 4 rings (SSSR count). The van der Waals surface area contributed by atoms with Crippen molar-refractivity contribution in [3.63, 3.8) is 0 Å². The van der Waals surface area contributed by atoms with Gasteiger partial charge in [0.05, 0.1) is 36.1 Å². The molecule has 4 aromatic rings. The van der Waals surface area contributed by atoms with E-state index in [0.29, 0.717) is 18.4 Å². The molecule has 0 radical (unpaired) electrons. The van der Waals surface area contributed by atoms with Gasteiger partial charge in [0.15, 0.2) is 0 Å². The summed E-state index contributed by atoms with van der Waals surface area (Å²) in [6.45, 7) is 0.220. The summed E-state index contributed by atoms with van der Waals surface area (Å²) in [6, 6.07) is 11.1. The van der Waals surface area contributed by atoms with Crippen LogP contribution in [0.15, 0.2) is 65.8 Å². The Balaban J connectivity index is 1.34. The van der Waals surface area contributed by atoms with Gasteiger partial charge in [0, 0.05) is 25.2 Å². The van der Waals surface area contributed by atoms with Gasteiger partial charge in [-0.05, 0) is 35.2 Å². The van der Waals surface area contributed by atoms with E-state index < -0.39 is 23.2 Å². The lowest BCUT2D eigenvalue weighted by atomic mass is 10.0. The second-order valence-corrected chi connectivity index (χ2v) is 8.64. The van der Waals surface area contributed by atoms with Gasteiger partial charge in [-0.15, -0.1) is 0 Å². The molecule has 0 saturated carbocycles. The predicted molar refractivity (Wildman–Crippen MR) is 126 cm³/mol. The number of hydrogen-bond acceptors (Lipinski definition) is 4. The first-order valence-corrected chi connectivity index (χ1v) is 11.3. The van der Waals surface area contributed by atoms with Crippen molar-refractivity contribution < 1.29 is 22.3 Å². The number of nitrogens with zero attached hydrogens (tertiary/aromatic N) is 4. The zero-order valence-corrected chi connectivity index (χ0v) is 19.9. The average Bonchev–Trinajstić information content (AvgIpc) is 3.23. The number of rotatable bonds is 8. The highest BCUT2D eigenvalue weighted by Crippen LogP contribution is 2.35. The molecule has 2 heterocycles. The fourth-order valence-corrected chi connectivity index (χ4v) is 3.87. The molecule has 2 aromatic heterocycles. The molecule has 36 heavy (non-hydrogen) atoms. The van der Waals surface area contributed by atoms with Crippen molar-refractivity contribution in [1.29, 1.82) is 0 Å². The molecule has 0 aliphatic rings. The summed E-state index contributed by atoms with van der Waals surface area (Å²) in [5, 5.41) is 3.68. The lowest BCUT2D eigenvalue weighted by molar-refractivity contribution is -0.137. The highest BCUT2D eigenvalue weighted by molar-refractivity contribution is 6.31. The number of benzene rings is 2. The lowest BCUT2D eigenvalue weighted by Gasteiger charge is -2.11. The molecule has 0 amide bonds. The summed E-state index contributed by atoms with van der Waals surface area (Å²) in [4.78, 5) is 15.9. The maximum Gasteiger partial charge on any atom is 0.417 e. The molecule has 11 heteroatoms. The summed E-state index contributed by atoms with van der Waals surface area (Å²) in [5.41, 5.74) is 1.41. The van der Waals surface area contributed by atoms with Crippen molar-refractivity contribution >= 4 is 11.6 Å². The topological polar surface area (TPSA) is 61.9 Å². The fourth-order valence-electron chi connectivity index (χ4n) is 3.64. The Bertz CT molecular complexity index is 1420. The molecular formula is C25H21ClF4N4O2. The number of halogens is 5. The second-order valence-electron chi connectivity index (χ2n) is 8.23. The summed E-state index contributed by atoms with van der Waals surface area (Å²) in [5.74, 6) is -1.13. The van der Waals surface area contributed by atoms with Crippen molar-refractivity contribution in [3.05, 3.63) is 110 Å². The Morgan fingerprint density at radius 2 is 1.69 bits per heavy atom. The first kappa shape index (κ1) is 25.4. The molecule has 0 aliphatic carbocycles. The van der Waals surface area contributed by atoms with E-state index in [9.17, 15) is 22.4 Å². The van der Waals surface area contributed by atoms with E-state index >= 15 is 0 Å². The van der Waals surface area contributed by atoms with Gasteiger partial charge in [-0.2, -0.15) is 27.6 Å². The fraction of sp³-hybridized carbons (Fsp3) is 0.240. The molecule has 0 bridgehead atoms. The number of aryl methyl sites for hydroxylation is 1. The zero-order chi connectivity index (χ0) is 25.9. The Morgan fingerprint density at radius 3 is 2.36 bits per heavy atom. The SMILES string of the molecule is Cn1cc(Cn2cc(F)c(OCCc3ccc(Cc4ccc(Cl)c(C(F)(F)F)c4)cc3)nc2=O)cn1. The molecule has 0 fully saturated rings. The van der Waals surface area contributed by atoms with E-state index in [1.165, 1.54) is 6.07 Å². The quantitative estimate of drug-likeness (QED) is 0.305. The van der Waals surface area contributed by atoms with Crippen molar-refractivity contribution in [1.82, 2.24) is 19.3 Å². The molecule has 0 saturated heterocycles. The normalized spacial score (nSPS) is 11.6. The zero-order valence-electron chi connectivity index (χ0n) is 19.1. The summed E-state index contributed by atoms with van der Waals surface area (Å²) in [7, 11) is 1.74. The van der Waals surface area contributed by atoms with Crippen molar-refractivity contribution in [3.8, 4) is 5.88 Å². The minimum Gasteiger partial charge on any atom is -0.475 e. The maximum absolute atomic E-state index is 14.4. The summed E-state index contributed by atoms with van der Waals surface area (Å²) >= 11 is 5.68. The van der Waals surface area contributed by atoms with E-state index in [1.807, 2.05) is 12.1 Å². The first-order chi connectivity index (χ1) is 17.1. The van der Waals surface area contributed by atoms with E-state index in [-0.39, 0.29) is 24.1 Å². The van der Waals surface area contributed by atoms with Gasteiger partial charge in [-0.25, -0.2) is 4.79 Å². The highest BCUT2D eigenvalue weighted by atomic mass is 35.5. The molecule has 188 valence electrons. The van der Waals surface area contributed by atoms with Crippen LogP contribution in [0.1, 0.15) is 27.8 Å². The standard InChI is InChI=1S/C25H21ClF4N4O2/c1-33-13-19(12-31-33)14-34-15-22(27)23(32-24(34)35)36-9-8-16-2-4-17(5-3-16)10-18-6-7-21(26)20(11-18)25(28,29)30/h2-7,11-13,15H,8-10,14H2,1H3. The van der Waals surface area contributed by atoms with Gasteiger partial charge in [0.25, 0.3) is 5.88 Å². The van der Waals surface area contributed by atoms with E-state index in [4.69, 9.17) is 16.3 Å². The Kier molecular flexibility index (Phi) is 7.44. The van der Waals surface area contributed by atoms with Crippen molar-refractivity contribution in [2.24, 2.45) is 7.05 Å². The Morgan fingerprint density at radius 1 is 1.00 bits per heavy atom. The van der Waals surface area contributed by atoms with Gasteiger partial charge in [0.2, 0.25) is 5.82 Å². The van der Waals surface area contributed by atoms with Gasteiger partial charge < -0.3 is 4.74 Å². The number of alkyl halides is 3. The Hall–Kier alpha value is -3.66.